The Morgan fingerprint density at radius 3 is 2.89 bits per heavy atom. The Hall–Kier alpha value is -2.54. The van der Waals surface area contributed by atoms with Crippen LogP contribution in [0.3, 0.4) is 0 Å². The SMILES string of the molecule is C=C(C)OC(=O)C1(C#N)C=Cc2ccccc2N1. The van der Waals surface area contributed by atoms with Crippen molar-refractivity contribution in [1.82, 2.24) is 0 Å². The van der Waals surface area contributed by atoms with Crippen molar-refractivity contribution in [3.63, 3.8) is 0 Å². The smallest absolute Gasteiger partial charge is 0.356 e. The number of esters is 1. The van der Waals surface area contributed by atoms with Crippen molar-refractivity contribution in [2.24, 2.45) is 0 Å². The van der Waals surface area contributed by atoms with E-state index in [1.54, 1.807) is 19.1 Å². The normalized spacial score (nSPS) is 20.2. The van der Waals surface area contributed by atoms with Crippen molar-refractivity contribution in [3.05, 3.63) is 48.2 Å². The molecule has 1 heterocycles. The van der Waals surface area contributed by atoms with Crippen molar-refractivity contribution in [2.45, 2.75) is 12.5 Å². The van der Waals surface area contributed by atoms with E-state index in [2.05, 4.69) is 11.9 Å². The monoisotopic (exact) mass is 240 g/mol. The van der Waals surface area contributed by atoms with E-state index >= 15 is 0 Å². The molecule has 0 fully saturated rings. The van der Waals surface area contributed by atoms with Crippen LogP contribution in [-0.2, 0) is 9.53 Å². The number of rotatable bonds is 2. The van der Waals surface area contributed by atoms with Crippen molar-refractivity contribution < 1.29 is 9.53 Å². The van der Waals surface area contributed by atoms with E-state index in [1.165, 1.54) is 6.08 Å². The van der Waals surface area contributed by atoms with E-state index in [1.807, 2.05) is 24.3 Å². The van der Waals surface area contributed by atoms with Gasteiger partial charge in [0, 0.05) is 5.69 Å². The van der Waals surface area contributed by atoms with Gasteiger partial charge in [0.05, 0.1) is 5.76 Å². The topological polar surface area (TPSA) is 62.1 Å². The summed E-state index contributed by atoms with van der Waals surface area (Å²) in [7, 11) is 0. The van der Waals surface area contributed by atoms with Crippen LogP contribution in [0.4, 0.5) is 5.69 Å². The fraction of sp³-hybridized carbons (Fsp3) is 0.143. The van der Waals surface area contributed by atoms with Crippen LogP contribution in [0.1, 0.15) is 12.5 Å². The molecule has 0 saturated heterocycles. The van der Waals surface area contributed by atoms with Crippen molar-refractivity contribution in [3.8, 4) is 6.07 Å². The van der Waals surface area contributed by atoms with Gasteiger partial charge in [-0.15, -0.1) is 0 Å². The standard InChI is InChI=1S/C14H12N2O2/c1-10(2)18-13(17)14(9-15)8-7-11-5-3-4-6-12(11)16-14/h3-8,16H,1H2,2H3. The minimum absolute atomic E-state index is 0.253. The zero-order valence-corrected chi connectivity index (χ0v) is 9.93. The highest BCUT2D eigenvalue weighted by atomic mass is 16.5. The molecular formula is C14H12N2O2. The summed E-state index contributed by atoms with van der Waals surface area (Å²) in [5, 5.41) is 12.2. The van der Waals surface area contributed by atoms with E-state index in [0.29, 0.717) is 0 Å². The third kappa shape index (κ3) is 1.98. The summed E-state index contributed by atoms with van der Waals surface area (Å²) in [5.74, 6) is -0.424. The first-order chi connectivity index (χ1) is 8.57. The maximum absolute atomic E-state index is 12.0. The Kier molecular flexibility index (Phi) is 2.90. The Morgan fingerprint density at radius 2 is 2.22 bits per heavy atom. The molecule has 0 radical (unpaired) electrons. The number of anilines is 1. The molecule has 0 saturated carbocycles. The first kappa shape index (κ1) is 11.9. The zero-order chi connectivity index (χ0) is 13.2. The summed E-state index contributed by atoms with van der Waals surface area (Å²) >= 11 is 0. The van der Waals surface area contributed by atoms with E-state index in [9.17, 15) is 10.1 Å². The third-order valence-corrected chi connectivity index (χ3v) is 2.57. The van der Waals surface area contributed by atoms with E-state index in [0.717, 1.165) is 11.3 Å². The quantitative estimate of drug-likeness (QED) is 0.637. The number of benzene rings is 1. The molecule has 0 aliphatic carbocycles. The van der Waals surface area contributed by atoms with Gasteiger partial charge in [-0.25, -0.2) is 4.79 Å². The average molecular weight is 240 g/mol. The molecule has 1 N–H and O–H groups in total. The molecule has 0 amide bonds. The molecule has 0 spiro atoms. The van der Waals surface area contributed by atoms with Crippen LogP contribution in [0.5, 0.6) is 0 Å². The number of carbonyl (C=O) groups excluding carboxylic acids is 1. The summed E-state index contributed by atoms with van der Waals surface area (Å²) in [4.78, 5) is 12.0. The third-order valence-electron chi connectivity index (χ3n) is 2.57. The molecule has 1 unspecified atom stereocenters. The van der Waals surface area contributed by atoms with Crippen LogP contribution in [0.15, 0.2) is 42.7 Å². The molecular weight excluding hydrogens is 228 g/mol. The highest BCUT2D eigenvalue weighted by Gasteiger charge is 2.40. The lowest BCUT2D eigenvalue weighted by Gasteiger charge is -2.27. The Balaban J connectivity index is 2.37. The van der Waals surface area contributed by atoms with Gasteiger partial charge in [-0.3, -0.25) is 0 Å². The average Bonchev–Trinajstić information content (AvgIpc) is 2.37. The summed E-state index contributed by atoms with van der Waals surface area (Å²) in [6.07, 6.45) is 3.23. The van der Waals surface area contributed by atoms with Gasteiger partial charge in [-0.05, 0) is 24.6 Å². The van der Waals surface area contributed by atoms with Crippen LogP contribution >= 0.6 is 0 Å². The summed E-state index contributed by atoms with van der Waals surface area (Å²) in [6.45, 7) is 5.05. The number of fused-ring (bicyclic) bond motifs is 1. The molecule has 90 valence electrons. The lowest BCUT2D eigenvalue weighted by molar-refractivity contribution is -0.141. The lowest BCUT2D eigenvalue weighted by Crippen LogP contribution is -2.45. The minimum Gasteiger partial charge on any atom is -0.429 e. The highest BCUT2D eigenvalue weighted by Crippen LogP contribution is 2.29. The van der Waals surface area contributed by atoms with Gasteiger partial charge in [0.1, 0.15) is 6.07 Å². The highest BCUT2D eigenvalue weighted by molar-refractivity contribution is 5.95. The van der Waals surface area contributed by atoms with Crippen LogP contribution in [0.25, 0.3) is 6.08 Å². The number of para-hydroxylation sites is 1. The fourth-order valence-corrected chi connectivity index (χ4v) is 1.69. The molecule has 1 aliphatic rings. The number of ether oxygens (including phenoxy) is 1. The molecule has 0 aromatic heterocycles. The Morgan fingerprint density at radius 1 is 1.50 bits per heavy atom. The Labute approximate surface area is 105 Å². The predicted molar refractivity (Wildman–Crippen MR) is 68.3 cm³/mol. The molecule has 0 bridgehead atoms. The number of hydrogen-bond acceptors (Lipinski definition) is 4. The minimum atomic E-state index is -1.49. The van der Waals surface area contributed by atoms with Gasteiger partial charge < -0.3 is 10.1 Å². The second-order valence-corrected chi connectivity index (χ2v) is 4.06. The number of carbonyl (C=O) groups is 1. The second kappa shape index (κ2) is 4.38. The summed E-state index contributed by atoms with van der Waals surface area (Å²) in [5.41, 5.74) is 0.152. The number of nitriles is 1. The maximum atomic E-state index is 12.0. The number of hydrogen-bond donors (Lipinski definition) is 1. The van der Waals surface area contributed by atoms with Crippen molar-refractivity contribution in [2.75, 3.05) is 5.32 Å². The lowest BCUT2D eigenvalue weighted by atomic mass is 9.94. The predicted octanol–water partition coefficient (Wildman–Crippen LogP) is 2.46. The molecule has 4 nitrogen and oxygen atoms in total. The molecule has 1 aromatic rings. The van der Waals surface area contributed by atoms with Crippen LogP contribution in [0, 0.1) is 11.3 Å². The van der Waals surface area contributed by atoms with Crippen molar-refractivity contribution >= 4 is 17.7 Å². The van der Waals surface area contributed by atoms with Crippen LogP contribution < -0.4 is 5.32 Å². The van der Waals surface area contributed by atoms with Crippen LogP contribution in [0.2, 0.25) is 0 Å². The molecule has 4 heteroatoms. The number of allylic oxidation sites excluding steroid dienone is 1. The first-order valence-corrected chi connectivity index (χ1v) is 5.43. The number of nitrogens with zero attached hydrogens (tertiary/aromatic N) is 1. The number of nitrogens with one attached hydrogen (secondary N) is 1. The van der Waals surface area contributed by atoms with E-state index in [-0.39, 0.29) is 5.76 Å². The first-order valence-electron chi connectivity index (χ1n) is 5.43. The Bertz CT molecular complexity index is 584. The van der Waals surface area contributed by atoms with Gasteiger partial charge in [-0.1, -0.05) is 30.9 Å². The second-order valence-electron chi connectivity index (χ2n) is 4.06. The van der Waals surface area contributed by atoms with Gasteiger partial charge in [0.2, 0.25) is 5.54 Å². The van der Waals surface area contributed by atoms with Crippen molar-refractivity contribution in [1.29, 1.82) is 5.26 Å². The zero-order valence-electron chi connectivity index (χ0n) is 9.93. The van der Waals surface area contributed by atoms with E-state index < -0.39 is 11.5 Å². The molecule has 1 aromatic carbocycles. The van der Waals surface area contributed by atoms with Gasteiger partial charge in [0.15, 0.2) is 0 Å². The van der Waals surface area contributed by atoms with Gasteiger partial charge in [-0.2, -0.15) is 5.26 Å². The molecule has 2 rings (SSSR count). The molecule has 18 heavy (non-hydrogen) atoms. The van der Waals surface area contributed by atoms with Gasteiger partial charge >= 0.3 is 5.97 Å². The fourth-order valence-electron chi connectivity index (χ4n) is 1.69. The largest absolute Gasteiger partial charge is 0.429 e. The summed E-state index contributed by atoms with van der Waals surface area (Å²) in [6, 6.07) is 9.36. The molecule has 1 atom stereocenters. The summed E-state index contributed by atoms with van der Waals surface area (Å²) < 4.78 is 4.93. The van der Waals surface area contributed by atoms with Gasteiger partial charge in [0.25, 0.3) is 0 Å². The van der Waals surface area contributed by atoms with Crippen LogP contribution in [-0.4, -0.2) is 11.5 Å². The molecule has 1 aliphatic heterocycles. The van der Waals surface area contributed by atoms with E-state index in [4.69, 9.17) is 4.74 Å². The maximum Gasteiger partial charge on any atom is 0.356 e.